The van der Waals surface area contributed by atoms with Crippen LogP contribution in [-0.2, 0) is 6.42 Å². The lowest BCUT2D eigenvalue weighted by molar-refractivity contribution is 0.0983. The summed E-state index contributed by atoms with van der Waals surface area (Å²) in [5.41, 5.74) is 20.7. The molecule has 5 aliphatic rings. The number of nitrogens with zero attached hydrogens (tertiary/aromatic N) is 3. The highest BCUT2D eigenvalue weighted by Gasteiger charge is 2.52. The Morgan fingerprint density at radius 3 is 2.58 bits per heavy atom. The van der Waals surface area contributed by atoms with E-state index in [9.17, 15) is 4.79 Å². The van der Waals surface area contributed by atoms with Gasteiger partial charge in [-0.1, -0.05) is 83.3 Å². The number of hydrogen-bond acceptors (Lipinski definition) is 8. The number of hydrazone groups is 1. The largest absolute Gasteiger partial charge is 0.397 e. The van der Waals surface area contributed by atoms with E-state index in [1.54, 1.807) is 11.1 Å². The fraction of sp³-hybridized carbons (Fsp3) is 0.583. The zero-order valence-electron chi connectivity index (χ0n) is 35.5. The van der Waals surface area contributed by atoms with Gasteiger partial charge in [0.2, 0.25) is 0 Å². The van der Waals surface area contributed by atoms with Gasteiger partial charge in [-0.05, 0) is 139 Å². The Kier molecular flexibility index (Phi) is 13.1. The molecule has 2 atom stereocenters. The van der Waals surface area contributed by atoms with Gasteiger partial charge in [0.05, 0.1) is 17.6 Å². The highest BCUT2D eigenvalue weighted by molar-refractivity contribution is 7.98. The van der Waals surface area contributed by atoms with Crippen LogP contribution < -0.4 is 26.1 Å². The first-order valence-electron chi connectivity index (χ1n) is 21.9. The van der Waals surface area contributed by atoms with Gasteiger partial charge in [-0.2, -0.15) is 5.10 Å². The average Bonchev–Trinajstić information content (AvgIpc) is 3.88. The van der Waals surface area contributed by atoms with Crippen molar-refractivity contribution in [2.45, 2.75) is 110 Å². The topological polar surface area (TPSA) is 98.0 Å². The van der Waals surface area contributed by atoms with Gasteiger partial charge >= 0.3 is 0 Å². The van der Waals surface area contributed by atoms with Crippen LogP contribution in [0.2, 0.25) is 0 Å². The molecule has 7 rings (SSSR count). The maximum absolute atomic E-state index is 13.9. The molecule has 5 N–H and O–H groups in total. The van der Waals surface area contributed by atoms with E-state index in [2.05, 4.69) is 89.8 Å². The van der Waals surface area contributed by atoms with Crippen LogP contribution in [0.25, 0.3) is 0 Å². The van der Waals surface area contributed by atoms with Crippen LogP contribution in [0.5, 0.6) is 0 Å². The third-order valence-electron chi connectivity index (χ3n) is 14.0. The van der Waals surface area contributed by atoms with E-state index in [0.717, 1.165) is 91.4 Å². The van der Waals surface area contributed by atoms with Crippen molar-refractivity contribution >= 4 is 41.1 Å². The molecular formula is C48H69N7OS. The average molecular weight is 792 g/mol. The molecule has 1 saturated heterocycles. The molecule has 2 aliphatic heterocycles. The van der Waals surface area contributed by atoms with E-state index in [1.807, 2.05) is 30.5 Å². The molecule has 0 aromatic heterocycles. The number of benzene rings is 2. The normalized spacial score (nSPS) is 28.1. The summed E-state index contributed by atoms with van der Waals surface area (Å²) >= 11 is 1.32. The molecule has 1 amide bonds. The van der Waals surface area contributed by atoms with E-state index < -0.39 is 0 Å². The Bertz CT molecular complexity index is 1870. The maximum Gasteiger partial charge on any atom is 0.261 e. The van der Waals surface area contributed by atoms with Gasteiger partial charge in [0, 0.05) is 62.0 Å². The highest BCUT2D eigenvalue weighted by Crippen LogP contribution is 2.62. The molecule has 2 unspecified atom stereocenters. The van der Waals surface area contributed by atoms with Gasteiger partial charge in [-0.15, -0.1) is 0 Å². The minimum absolute atomic E-state index is 0.117. The number of hydrogen-bond donors (Lipinski definition) is 4. The number of piperazine rings is 1. The van der Waals surface area contributed by atoms with Crippen molar-refractivity contribution in [1.82, 2.24) is 15.0 Å². The predicted molar refractivity (Wildman–Crippen MR) is 242 cm³/mol. The lowest BCUT2D eigenvalue weighted by Gasteiger charge is -2.39. The molecule has 2 saturated carbocycles. The number of nitrogens with one attached hydrogen (secondary N) is 3. The third kappa shape index (κ3) is 10.7. The monoisotopic (exact) mass is 792 g/mol. The summed E-state index contributed by atoms with van der Waals surface area (Å²) < 4.78 is 3.13. The van der Waals surface area contributed by atoms with Crippen molar-refractivity contribution in [1.29, 1.82) is 0 Å². The Hall–Kier alpha value is -3.69. The second kappa shape index (κ2) is 18.1. The fourth-order valence-corrected chi connectivity index (χ4v) is 10.3. The van der Waals surface area contributed by atoms with Crippen LogP contribution in [0.4, 0.5) is 17.1 Å². The Morgan fingerprint density at radius 1 is 1.05 bits per heavy atom. The molecule has 2 aromatic rings. The summed E-state index contributed by atoms with van der Waals surface area (Å²) in [6.07, 6.45) is 17.1. The summed E-state index contributed by atoms with van der Waals surface area (Å²) in [4.78, 5) is 20.0. The lowest BCUT2D eigenvalue weighted by Crippen LogP contribution is -2.47. The van der Waals surface area contributed by atoms with Gasteiger partial charge in [-0.25, -0.2) is 0 Å². The van der Waals surface area contributed by atoms with E-state index >= 15 is 0 Å². The number of anilines is 3. The Labute approximate surface area is 347 Å². The second-order valence-corrected chi connectivity index (χ2v) is 20.0. The number of amides is 1. The van der Waals surface area contributed by atoms with Crippen LogP contribution in [0.3, 0.4) is 0 Å². The predicted octanol–water partition coefficient (Wildman–Crippen LogP) is 10.0. The molecule has 0 bridgehead atoms. The lowest BCUT2D eigenvalue weighted by atomic mass is 9.72. The third-order valence-corrected chi connectivity index (χ3v) is 14.7. The number of allylic oxidation sites excluding steroid dienone is 3. The molecular weight excluding hydrogens is 723 g/mol. The molecule has 3 aliphatic carbocycles. The molecule has 57 heavy (non-hydrogen) atoms. The van der Waals surface area contributed by atoms with Gasteiger partial charge in [0.25, 0.3) is 5.91 Å². The van der Waals surface area contributed by atoms with E-state index in [-0.39, 0.29) is 5.91 Å². The van der Waals surface area contributed by atoms with Crippen LogP contribution in [0.1, 0.15) is 115 Å². The first-order valence-corrected chi connectivity index (χ1v) is 22.8. The number of nitrogens with two attached hydrogens (primary N) is 1. The standard InChI is InChI=1S/C48H69N7OS/c1-7-48(6)29-43(48)42-28-47(4,5)18-16-37(42)32-54-20-22-55(23-21-54)39-12-14-41(38(26-39)25-36-24-34(3)17-19-51-52-31-36)46(56)53-57-40-13-15-45(44(49)27-40)50-30-35-10-8-33(2)9-11-35/h12-15,24,26-27,31,33,35,43,50-51H,3,7-11,16-23,25,28-30,32,49H2,1-2,4-6H3,(H,53,56)/b36-24-,52-31-. The summed E-state index contributed by atoms with van der Waals surface area (Å²) in [7, 11) is 0. The fourth-order valence-electron chi connectivity index (χ4n) is 9.66. The Balaban J connectivity index is 1.01. The van der Waals surface area contributed by atoms with Crippen LogP contribution in [-0.4, -0.2) is 62.8 Å². The van der Waals surface area contributed by atoms with E-state index in [4.69, 9.17) is 5.73 Å². The van der Waals surface area contributed by atoms with Crippen molar-refractivity contribution < 1.29 is 4.79 Å². The maximum atomic E-state index is 13.9. The minimum Gasteiger partial charge on any atom is -0.397 e. The summed E-state index contributed by atoms with van der Waals surface area (Å²) in [5, 5.41) is 8.02. The van der Waals surface area contributed by atoms with Gasteiger partial charge in [-0.3, -0.25) is 14.4 Å². The summed E-state index contributed by atoms with van der Waals surface area (Å²) in [6, 6.07) is 12.4. The first kappa shape index (κ1) is 41.5. The highest BCUT2D eigenvalue weighted by atomic mass is 32.2. The second-order valence-electron chi connectivity index (χ2n) is 19.1. The van der Waals surface area contributed by atoms with Gasteiger partial charge < -0.3 is 21.4 Å². The molecule has 308 valence electrons. The number of carbonyl (C=O) groups excluding carboxylic acids is 1. The van der Waals surface area contributed by atoms with Gasteiger partial charge in [0.15, 0.2) is 0 Å². The van der Waals surface area contributed by atoms with Crippen LogP contribution in [0, 0.1) is 28.6 Å². The first-order chi connectivity index (χ1) is 27.4. The quantitative estimate of drug-likeness (QED) is 0.0911. The number of carbonyl (C=O) groups is 1. The molecule has 0 spiro atoms. The van der Waals surface area contributed by atoms with Gasteiger partial charge in [0.1, 0.15) is 0 Å². The van der Waals surface area contributed by atoms with E-state index in [0.29, 0.717) is 34.4 Å². The molecule has 8 nitrogen and oxygen atoms in total. The molecule has 9 heteroatoms. The molecule has 0 radical (unpaired) electrons. The molecule has 2 aromatic carbocycles. The molecule has 3 fully saturated rings. The van der Waals surface area contributed by atoms with E-state index in [1.165, 1.54) is 75.4 Å². The van der Waals surface area contributed by atoms with Crippen molar-refractivity contribution in [3.8, 4) is 0 Å². The SMILES string of the molecule is C=C1/C=C(Cc2cc(N3CCN(CC4=C(C5CC5(C)CC)CC(C)(C)CC4)CC3)ccc2C(=O)NSc2ccc(NCC3CCC(C)CC3)c(N)c2)\C=N/NCC1. The Morgan fingerprint density at radius 2 is 1.84 bits per heavy atom. The molecule has 2 heterocycles. The van der Waals surface area contributed by atoms with Crippen molar-refractivity contribution in [3.05, 3.63) is 82.5 Å². The van der Waals surface area contributed by atoms with Crippen LogP contribution >= 0.6 is 11.9 Å². The number of rotatable bonds is 13. The zero-order valence-corrected chi connectivity index (χ0v) is 36.3. The number of nitrogen functional groups attached to an aromatic ring is 1. The zero-order chi connectivity index (χ0) is 40.2. The van der Waals surface area contributed by atoms with Crippen molar-refractivity contribution in [2.75, 3.05) is 61.8 Å². The summed E-state index contributed by atoms with van der Waals surface area (Å²) in [5.74, 6) is 2.22. The summed E-state index contributed by atoms with van der Waals surface area (Å²) in [6.45, 7) is 23.3. The van der Waals surface area contributed by atoms with Crippen molar-refractivity contribution in [2.24, 2.45) is 33.7 Å². The minimum atomic E-state index is -0.117. The smallest absolute Gasteiger partial charge is 0.261 e. The van der Waals surface area contributed by atoms with Crippen LogP contribution in [0.15, 0.2) is 81.3 Å². The van der Waals surface area contributed by atoms with Crippen molar-refractivity contribution in [3.63, 3.8) is 0 Å².